The first-order chi connectivity index (χ1) is 10.4. The molecule has 1 aliphatic carbocycles. The van der Waals surface area contributed by atoms with Crippen LogP contribution in [0.5, 0.6) is 0 Å². The van der Waals surface area contributed by atoms with Crippen molar-refractivity contribution in [2.45, 2.75) is 25.2 Å². The molecule has 1 aromatic rings. The smallest absolute Gasteiger partial charge is 0.200 e. The third kappa shape index (κ3) is 4.07. The molecule has 0 radical (unpaired) electrons. The second-order valence-electron chi connectivity index (χ2n) is 5.18. The maximum absolute atomic E-state index is 12.3. The molecule has 0 aromatic heterocycles. The molecule has 0 saturated heterocycles. The van der Waals surface area contributed by atoms with Crippen LogP contribution in [0.4, 0.5) is 0 Å². The van der Waals surface area contributed by atoms with Gasteiger partial charge in [0.25, 0.3) is 10.0 Å². The molecule has 0 aliphatic heterocycles. The van der Waals surface area contributed by atoms with Crippen LogP contribution in [0.25, 0.3) is 0 Å². The minimum Gasteiger partial charge on any atom is -0.200 e. The van der Waals surface area contributed by atoms with Gasteiger partial charge in [0.2, 0.25) is 0 Å². The second kappa shape index (κ2) is 6.60. The summed E-state index contributed by atoms with van der Waals surface area (Å²) in [7, 11) is -3.68. The van der Waals surface area contributed by atoms with E-state index in [9.17, 15) is 8.42 Å². The van der Waals surface area contributed by atoms with E-state index in [0.29, 0.717) is 12.1 Å². The lowest BCUT2D eigenvalue weighted by molar-refractivity contribution is 0.584. The first kappa shape index (κ1) is 16.0. The Hall–Kier alpha value is -2.36. The fourth-order valence-electron chi connectivity index (χ4n) is 1.88. The summed E-state index contributed by atoms with van der Waals surface area (Å²) in [6.07, 6.45) is 5.91. The summed E-state index contributed by atoms with van der Waals surface area (Å²) in [5.41, 5.74) is 6.26. The molecular weight excluding hydrogens is 296 g/mol. The van der Waals surface area contributed by atoms with E-state index in [2.05, 4.69) is 22.2 Å². The van der Waals surface area contributed by atoms with Crippen LogP contribution in [-0.4, -0.2) is 14.1 Å². The molecule has 0 bridgehead atoms. The number of hydrazone groups is 1. The molecule has 0 unspecified atom stereocenters. The Balaban J connectivity index is 2.26. The highest BCUT2D eigenvalue weighted by Gasteiger charge is 2.14. The van der Waals surface area contributed by atoms with Gasteiger partial charge in [-0.2, -0.15) is 18.4 Å². The molecular formula is C17H18N2O2S. The van der Waals surface area contributed by atoms with E-state index in [-0.39, 0.29) is 4.90 Å². The van der Waals surface area contributed by atoms with Crippen molar-refractivity contribution in [3.63, 3.8) is 0 Å². The van der Waals surface area contributed by atoms with E-state index in [1.165, 1.54) is 0 Å². The number of nitrogens with zero attached hydrogens (tertiary/aromatic N) is 1. The van der Waals surface area contributed by atoms with Gasteiger partial charge >= 0.3 is 0 Å². The van der Waals surface area contributed by atoms with Gasteiger partial charge in [0.1, 0.15) is 0 Å². The van der Waals surface area contributed by atoms with E-state index in [0.717, 1.165) is 16.7 Å². The van der Waals surface area contributed by atoms with Gasteiger partial charge in [0.15, 0.2) is 0 Å². The predicted molar refractivity (Wildman–Crippen MR) is 89.1 cm³/mol. The molecule has 1 N–H and O–H groups in total. The van der Waals surface area contributed by atoms with Gasteiger partial charge in [0, 0.05) is 12.0 Å². The average Bonchev–Trinajstić information content (AvgIpc) is 2.97. The summed E-state index contributed by atoms with van der Waals surface area (Å²) in [6, 6.07) is 6.61. The van der Waals surface area contributed by atoms with Crippen molar-refractivity contribution in [3.05, 3.63) is 71.5 Å². The number of hydrogen-bond donors (Lipinski definition) is 1. The van der Waals surface area contributed by atoms with Crippen LogP contribution < -0.4 is 4.83 Å². The Morgan fingerprint density at radius 3 is 2.55 bits per heavy atom. The Morgan fingerprint density at radius 2 is 2.00 bits per heavy atom. The molecule has 0 amide bonds. The van der Waals surface area contributed by atoms with Crippen LogP contribution in [0.3, 0.4) is 0 Å². The third-order valence-corrected chi connectivity index (χ3v) is 4.23. The van der Waals surface area contributed by atoms with Gasteiger partial charge in [-0.3, -0.25) is 0 Å². The van der Waals surface area contributed by atoms with Gasteiger partial charge in [-0.25, -0.2) is 0 Å². The van der Waals surface area contributed by atoms with Crippen molar-refractivity contribution in [2.24, 2.45) is 5.10 Å². The molecule has 0 saturated carbocycles. The topological polar surface area (TPSA) is 58.5 Å². The summed E-state index contributed by atoms with van der Waals surface area (Å²) in [6.45, 7) is 7.61. The van der Waals surface area contributed by atoms with Gasteiger partial charge in [-0.15, -0.1) is 5.73 Å². The normalized spacial score (nSPS) is 14.1. The fraction of sp³-hybridized carbons (Fsp3) is 0.176. The zero-order valence-electron chi connectivity index (χ0n) is 12.6. The molecule has 1 aromatic carbocycles. The Kier molecular flexibility index (Phi) is 4.81. The number of hydrogen-bond acceptors (Lipinski definition) is 3. The molecule has 0 fully saturated rings. The summed E-state index contributed by atoms with van der Waals surface area (Å²) in [4.78, 5) is 2.47. The number of rotatable bonds is 6. The van der Waals surface area contributed by atoms with Gasteiger partial charge in [-0.05, 0) is 38.1 Å². The van der Waals surface area contributed by atoms with Crippen LogP contribution >= 0.6 is 0 Å². The van der Waals surface area contributed by atoms with Crippen LogP contribution in [0, 0.1) is 6.92 Å². The average molecular weight is 314 g/mol. The Labute approximate surface area is 131 Å². The number of nitrogens with one attached hydrogen (secondary N) is 1. The lowest BCUT2D eigenvalue weighted by Crippen LogP contribution is -2.20. The van der Waals surface area contributed by atoms with Crippen molar-refractivity contribution in [1.29, 1.82) is 0 Å². The van der Waals surface area contributed by atoms with Gasteiger partial charge in [-0.1, -0.05) is 35.9 Å². The third-order valence-electron chi connectivity index (χ3n) is 3.01. The molecule has 0 heterocycles. The lowest BCUT2D eigenvalue weighted by atomic mass is 10.1. The van der Waals surface area contributed by atoms with Crippen LogP contribution in [-0.2, 0) is 10.0 Å². The van der Waals surface area contributed by atoms with Gasteiger partial charge < -0.3 is 0 Å². The van der Waals surface area contributed by atoms with Gasteiger partial charge in [0.05, 0.1) is 10.6 Å². The summed E-state index contributed by atoms with van der Waals surface area (Å²) in [5.74, 6) is 0. The monoisotopic (exact) mass is 314 g/mol. The highest BCUT2D eigenvalue weighted by Crippen LogP contribution is 2.13. The van der Waals surface area contributed by atoms with Crippen molar-refractivity contribution in [2.75, 3.05) is 0 Å². The molecule has 2 rings (SSSR count). The number of sulfonamides is 1. The number of benzene rings is 1. The van der Waals surface area contributed by atoms with E-state index in [1.807, 2.05) is 26.0 Å². The highest BCUT2D eigenvalue weighted by atomic mass is 32.2. The Bertz CT molecular complexity index is 807. The van der Waals surface area contributed by atoms with E-state index in [4.69, 9.17) is 0 Å². The zero-order chi connectivity index (χ0) is 16.2. The van der Waals surface area contributed by atoms with Crippen molar-refractivity contribution >= 4 is 15.7 Å². The summed E-state index contributed by atoms with van der Waals surface area (Å²) in [5, 5.41) is 4.06. The van der Waals surface area contributed by atoms with Crippen molar-refractivity contribution < 1.29 is 8.42 Å². The van der Waals surface area contributed by atoms with Crippen molar-refractivity contribution in [1.82, 2.24) is 4.83 Å². The quantitative estimate of drug-likeness (QED) is 0.379. The number of allylic oxidation sites excluding steroid dienone is 4. The highest BCUT2D eigenvalue weighted by molar-refractivity contribution is 7.89. The molecule has 0 atom stereocenters. The molecule has 0 spiro atoms. The molecule has 114 valence electrons. The summed E-state index contributed by atoms with van der Waals surface area (Å²) < 4.78 is 24.5. The number of aryl methyl sites for hydroxylation is 1. The maximum atomic E-state index is 12.3. The second-order valence-corrected chi connectivity index (χ2v) is 6.84. The fourth-order valence-corrected chi connectivity index (χ4v) is 2.71. The molecule has 4 nitrogen and oxygen atoms in total. The predicted octanol–water partition coefficient (Wildman–Crippen LogP) is 3.25. The van der Waals surface area contributed by atoms with Crippen LogP contribution in [0.2, 0.25) is 0 Å². The molecule has 22 heavy (non-hydrogen) atoms. The standard InChI is InChI=1S/C17H18N2O2S/c1-13(2)12-17(15-6-4-5-7-15)18-19-22(20,21)16-10-8-14(3)9-11-16/h4-6,8-11,19H,1,12H2,2-3H3/b18-17+. The summed E-state index contributed by atoms with van der Waals surface area (Å²) >= 11 is 0. The van der Waals surface area contributed by atoms with E-state index < -0.39 is 10.0 Å². The van der Waals surface area contributed by atoms with Crippen LogP contribution in [0.1, 0.15) is 18.9 Å². The molecule has 5 heteroatoms. The first-order valence-corrected chi connectivity index (χ1v) is 8.30. The SMILES string of the molecule is C=C(C)C/C(=N\NS(=O)(=O)c1ccc(C)cc1)C1=C=CC=C1. The van der Waals surface area contributed by atoms with E-state index in [1.54, 1.807) is 30.3 Å². The zero-order valence-corrected chi connectivity index (χ0v) is 13.4. The van der Waals surface area contributed by atoms with E-state index >= 15 is 0 Å². The minimum absolute atomic E-state index is 0.183. The maximum Gasteiger partial charge on any atom is 0.276 e. The largest absolute Gasteiger partial charge is 0.276 e. The minimum atomic E-state index is -3.68. The lowest BCUT2D eigenvalue weighted by Gasteiger charge is -2.08. The van der Waals surface area contributed by atoms with Crippen LogP contribution in [0.15, 0.2) is 75.9 Å². The molecule has 1 aliphatic rings. The first-order valence-electron chi connectivity index (χ1n) is 6.81. The Morgan fingerprint density at radius 1 is 1.32 bits per heavy atom. The van der Waals surface area contributed by atoms with Crippen molar-refractivity contribution in [3.8, 4) is 0 Å².